The van der Waals surface area contributed by atoms with E-state index in [2.05, 4.69) is 38.3 Å². The van der Waals surface area contributed by atoms with Crippen LogP contribution in [0.3, 0.4) is 0 Å². The van der Waals surface area contributed by atoms with Crippen molar-refractivity contribution in [3.63, 3.8) is 0 Å². The highest BCUT2D eigenvalue weighted by molar-refractivity contribution is 9.10. The van der Waals surface area contributed by atoms with Crippen LogP contribution in [0.2, 0.25) is 0 Å². The van der Waals surface area contributed by atoms with Gasteiger partial charge >= 0.3 is 0 Å². The van der Waals surface area contributed by atoms with Crippen molar-refractivity contribution in [2.45, 2.75) is 18.9 Å². The molecule has 0 saturated carbocycles. The van der Waals surface area contributed by atoms with Crippen LogP contribution in [0.5, 0.6) is 0 Å². The highest BCUT2D eigenvalue weighted by Gasteiger charge is 2.27. The van der Waals surface area contributed by atoms with Gasteiger partial charge in [-0.05, 0) is 61.8 Å². The van der Waals surface area contributed by atoms with Crippen molar-refractivity contribution in [3.05, 3.63) is 53.0 Å². The van der Waals surface area contributed by atoms with E-state index in [1.54, 1.807) is 0 Å². The van der Waals surface area contributed by atoms with Crippen LogP contribution in [-0.4, -0.2) is 30.4 Å². The zero-order chi connectivity index (χ0) is 15.5. The number of halogens is 1. The summed E-state index contributed by atoms with van der Waals surface area (Å²) in [6.07, 6.45) is 2.04. The molecule has 4 heteroatoms. The summed E-state index contributed by atoms with van der Waals surface area (Å²) in [6.45, 7) is 1.00. The molecule has 1 aliphatic heterocycles. The Kier molecular flexibility index (Phi) is 4.60. The van der Waals surface area contributed by atoms with Crippen LogP contribution in [0.15, 0.2) is 53.0 Å². The fourth-order valence-corrected chi connectivity index (χ4v) is 3.12. The van der Waals surface area contributed by atoms with Crippen LogP contribution in [0.1, 0.15) is 12.8 Å². The minimum Gasteiger partial charge on any atom is -0.325 e. The summed E-state index contributed by atoms with van der Waals surface area (Å²) in [5.74, 6) is 0.0939. The standard InChI is InChI=1S/C18H19BrN2O/c1-21-12-2-3-17(21)18(22)20-16-10-6-14(7-11-16)13-4-8-15(19)9-5-13/h4-11,17H,2-3,12H2,1H3,(H,20,22)/t17-/m0/s1. The van der Waals surface area contributed by atoms with Gasteiger partial charge in [0.05, 0.1) is 6.04 Å². The lowest BCUT2D eigenvalue weighted by Crippen LogP contribution is -2.37. The number of likely N-dealkylation sites (N-methyl/N-ethyl adjacent to an activating group) is 1. The van der Waals surface area contributed by atoms with Crippen LogP contribution in [0, 0.1) is 0 Å². The van der Waals surface area contributed by atoms with Crippen LogP contribution in [0.4, 0.5) is 5.69 Å². The Morgan fingerprint density at radius 3 is 2.23 bits per heavy atom. The minimum atomic E-state index is 0.00569. The van der Waals surface area contributed by atoms with Crippen molar-refractivity contribution in [2.24, 2.45) is 0 Å². The van der Waals surface area contributed by atoms with Crippen molar-refractivity contribution in [2.75, 3.05) is 18.9 Å². The average Bonchev–Trinajstić information content (AvgIpc) is 2.95. The number of nitrogens with zero attached hydrogens (tertiary/aromatic N) is 1. The van der Waals surface area contributed by atoms with Crippen molar-refractivity contribution < 1.29 is 4.79 Å². The molecule has 0 radical (unpaired) electrons. The largest absolute Gasteiger partial charge is 0.325 e. The van der Waals surface area contributed by atoms with Gasteiger partial charge < -0.3 is 5.32 Å². The molecule has 0 unspecified atom stereocenters. The second kappa shape index (κ2) is 6.63. The van der Waals surface area contributed by atoms with Crippen molar-refractivity contribution >= 4 is 27.5 Å². The highest BCUT2D eigenvalue weighted by Crippen LogP contribution is 2.24. The number of amides is 1. The number of carbonyl (C=O) groups is 1. The lowest BCUT2D eigenvalue weighted by atomic mass is 10.1. The molecular weight excluding hydrogens is 340 g/mol. The first kappa shape index (κ1) is 15.3. The molecule has 1 aliphatic rings. The third-order valence-electron chi connectivity index (χ3n) is 4.15. The van der Waals surface area contributed by atoms with E-state index in [-0.39, 0.29) is 11.9 Å². The number of hydrogen-bond acceptors (Lipinski definition) is 2. The molecule has 2 aromatic carbocycles. The van der Waals surface area contributed by atoms with Crippen molar-refractivity contribution in [1.29, 1.82) is 0 Å². The molecule has 1 saturated heterocycles. The van der Waals surface area contributed by atoms with Gasteiger partial charge in [-0.25, -0.2) is 0 Å². The van der Waals surface area contributed by atoms with Gasteiger partial charge in [0.1, 0.15) is 0 Å². The van der Waals surface area contributed by atoms with E-state index < -0.39 is 0 Å². The molecule has 114 valence electrons. The summed E-state index contributed by atoms with van der Waals surface area (Å²) < 4.78 is 1.07. The maximum absolute atomic E-state index is 12.3. The molecular formula is C18H19BrN2O. The zero-order valence-electron chi connectivity index (χ0n) is 12.6. The summed E-state index contributed by atoms with van der Waals surface area (Å²) in [5, 5.41) is 3.01. The summed E-state index contributed by atoms with van der Waals surface area (Å²) in [6, 6.07) is 16.2. The molecule has 0 spiro atoms. The molecule has 22 heavy (non-hydrogen) atoms. The second-order valence-electron chi connectivity index (χ2n) is 5.71. The smallest absolute Gasteiger partial charge is 0.241 e. The third kappa shape index (κ3) is 3.39. The fraction of sp³-hybridized carbons (Fsp3) is 0.278. The van der Waals surface area contributed by atoms with Gasteiger partial charge in [-0.3, -0.25) is 9.69 Å². The van der Waals surface area contributed by atoms with Gasteiger partial charge in [-0.2, -0.15) is 0 Å². The van der Waals surface area contributed by atoms with Crippen LogP contribution < -0.4 is 5.32 Å². The van der Waals surface area contributed by atoms with E-state index in [4.69, 9.17) is 0 Å². The number of benzene rings is 2. The molecule has 1 N–H and O–H groups in total. The maximum atomic E-state index is 12.3. The van der Waals surface area contributed by atoms with Gasteiger partial charge in [0.15, 0.2) is 0 Å². The van der Waals surface area contributed by atoms with E-state index in [0.29, 0.717) is 0 Å². The monoisotopic (exact) mass is 358 g/mol. The molecule has 1 heterocycles. The second-order valence-corrected chi connectivity index (χ2v) is 6.63. The van der Waals surface area contributed by atoms with Gasteiger partial charge in [-0.1, -0.05) is 40.2 Å². The van der Waals surface area contributed by atoms with Crippen LogP contribution >= 0.6 is 15.9 Å². The molecule has 1 fully saturated rings. The predicted molar refractivity (Wildman–Crippen MR) is 93.9 cm³/mol. The number of nitrogens with one attached hydrogen (secondary N) is 1. The lowest BCUT2D eigenvalue weighted by Gasteiger charge is -2.18. The topological polar surface area (TPSA) is 32.3 Å². The highest BCUT2D eigenvalue weighted by atomic mass is 79.9. The SMILES string of the molecule is CN1CCC[C@H]1C(=O)Nc1ccc(-c2ccc(Br)cc2)cc1. The lowest BCUT2D eigenvalue weighted by molar-refractivity contribution is -0.119. The van der Waals surface area contributed by atoms with Gasteiger partial charge in [0, 0.05) is 10.2 Å². The number of anilines is 1. The van der Waals surface area contributed by atoms with E-state index >= 15 is 0 Å². The Hall–Kier alpha value is -1.65. The Bertz CT molecular complexity index is 652. The Morgan fingerprint density at radius 2 is 1.68 bits per heavy atom. The average molecular weight is 359 g/mol. The summed E-state index contributed by atoms with van der Waals surface area (Å²) in [7, 11) is 2.01. The van der Waals surface area contributed by atoms with Gasteiger partial charge in [0.25, 0.3) is 0 Å². The van der Waals surface area contributed by atoms with Crippen LogP contribution in [0.25, 0.3) is 11.1 Å². The molecule has 1 atom stereocenters. The summed E-state index contributed by atoms with van der Waals surface area (Å²) >= 11 is 3.44. The first-order valence-electron chi connectivity index (χ1n) is 7.50. The van der Waals surface area contributed by atoms with E-state index in [9.17, 15) is 4.79 Å². The molecule has 3 rings (SSSR count). The first-order chi connectivity index (χ1) is 10.6. The Morgan fingerprint density at radius 1 is 1.09 bits per heavy atom. The molecule has 2 aromatic rings. The van der Waals surface area contributed by atoms with E-state index in [1.807, 2.05) is 43.4 Å². The Labute approximate surface area is 139 Å². The fourth-order valence-electron chi connectivity index (χ4n) is 2.86. The molecule has 3 nitrogen and oxygen atoms in total. The van der Waals surface area contributed by atoms with Gasteiger partial charge in [-0.15, -0.1) is 0 Å². The molecule has 0 aliphatic carbocycles. The number of carbonyl (C=O) groups excluding carboxylic acids is 1. The first-order valence-corrected chi connectivity index (χ1v) is 8.30. The summed E-state index contributed by atoms with van der Waals surface area (Å²) in [5.41, 5.74) is 3.16. The van der Waals surface area contributed by atoms with E-state index in [0.717, 1.165) is 40.7 Å². The number of hydrogen-bond donors (Lipinski definition) is 1. The van der Waals surface area contributed by atoms with E-state index in [1.165, 1.54) is 0 Å². The summed E-state index contributed by atoms with van der Waals surface area (Å²) in [4.78, 5) is 14.4. The Balaban J connectivity index is 1.69. The van der Waals surface area contributed by atoms with Crippen molar-refractivity contribution in [3.8, 4) is 11.1 Å². The minimum absolute atomic E-state index is 0.00569. The quantitative estimate of drug-likeness (QED) is 0.893. The maximum Gasteiger partial charge on any atom is 0.241 e. The van der Waals surface area contributed by atoms with Gasteiger partial charge in [0.2, 0.25) is 5.91 Å². The normalized spacial score (nSPS) is 18.4. The number of rotatable bonds is 3. The predicted octanol–water partition coefficient (Wildman–Crippen LogP) is 4.15. The molecule has 0 bridgehead atoms. The molecule has 1 amide bonds. The molecule has 0 aromatic heterocycles. The number of likely N-dealkylation sites (tertiary alicyclic amines) is 1. The zero-order valence-corrected chi connectivity index (χ0v) is 14.1. The van der Waals surface area contributed by atoms with Crippen LogP contribution in [-0.2, 0) is 4.79 Å². The third-order valence-corrected chi connectivity index (χ3v) is 4.68. The van der Waals surface area contributed by atoms with Crippen molar-refractivity contribution in [1.82, 2.24) is 4.90 Å².